The molecule has 16 heavy (non-hydrogen) atoms. The van der Waals surface area contributed by atoms with Gasteiger partial charge in [0.25, 0.3) is 0 Å². The molecule has 0 aromatic rings. The number of ether oxygens (including phenoxy) is 1. The molecule has 1 rings (SSSR count). The largest absolute Gasteiger partial charge is 0.391 e. The van der Waals surface area contributed by atoms with Gasteiger partial charge in [-0.2, -0.15) is 0 Å². The summed E-state index contributed by atoms with van der Waals surface area (Å²) >= 11 is 0. The SMILES string of the molecule is CC(C)CC(N)C(=O)OC(=O)C1CCCN1. The Morgan fingerprint density at radius 3 is 2.69 bits per heavy atom. The van der Waals surface area contributed by atoms with Crippen LogP contribution >= 0.6 is 0 Å². The summed E-state index contributed by atoms with van der Waals surface area (Å²) in [5, 5.41) is 2.97. The molecule has 0 radical (unpaired) electrons. The van der Waals surface area contributed by atoms with Gasteiger partial charge in [0.15, 0.2) is 0 Å². The zero-order valence-corrected chi connectivity index (χ0v) is 9.86. The minimum Gasteiger partial charge on any atom is -0.391 e. The summed E-state index contributed by atoms with van der Waals surface area (Å²) in [6.45, 7) is 4.73. The van der Waals surface area contributed by atoms with Crippen molar-refractivity contribution in [2.75, 3.05) is 6.54 Å². The van der Waals surface area contributed by atoms with Gasteiger partial charge in [0, 0.05) is 0 Å². The van der Waals surface area contributed by atoms with E-state index in [0.29, 0.717) is 12.3 Å². The molecule has 1 aliphatic rings. The summed E-state index contributed by atoms with van der Waals surface area (Å²) in [5.41, 5.74) is 5.62. The molecule has 1 fully saturated rings. The smallest absolute Gasteiger partial charge is 0.330 e. The summed E-state index contributed by atoms with van der Waals surface area (Å²) in [4.78, 5) is 22.9. The van der Waals surface area contributed by atoms with Crippen molar-refractivity contribution in [3.05, 3.63) is 0 Å². The number of hydrogen-bond donors (Lipinski definition) is 2. The Morgan fingerprint density at radius 1 is 1.50 bits per heavy atom. The van der Waals surface area contributed by atoms with E-state index >= 15 is 0 Å². The first kappa shape index (κ1) is 13.1. The van der Waals surface area contributed by atoms with Gasteiger partial charge in [0.1, 0.15) is 12.1 Å². The standard InChI is InChI=1S/C11H20N2O3/c1-7(2)6-8(12)10(14)16-11(15)9-4-3-5-13-9/h7-9,13H,3-6,12H2,1-2H3. The predicted molar refractivity (Wildman–Crippen MR) is 59.6 cm³/mol. The van der Waals surface area contributed by atoms with Crippen LogP contribution in [-0.2, 0) is 14.3 Å². The van der Waals surface area contributed by atoms with Crippen molar-refractivity contribution in [1.29, 1.82) is 0 Å². The maximum absolute atomic E-state index is 11.5. The molecule has 0 amide bonds. The fraction of sp³-hybridized carbons (Fsp3) is 0.818. The van der Waals surface area contributed by atoms with E-state index in [-0.39, 0.29) is 6.04 Å². The van der Waals surface area contributed by atoms with Crippen LogP contribution in [0.15, 0.2) is 0 Å². The Balaban J connectivity index is 2.35. The number of rotatable bonds is 4. The molecule has 0 saturated carbocycles. The van der Waals surface area contributed by atoms with Gasteiger partial charge in [-0.3, -0.25) is 0 Å². The number of esters is 2. The minimum atomic E-state index is -0.703. The summed E-state index contributed by atoms with van der Waals surface area (Å²) in [6.07, 6.45) is 2.20. The number of carbonyl (C=O) groups excluding carboxylic acids is 2. The highest BCUT2D eigenvalue weighted by molar-refractivity contribution is 5.90. The van der Waals surface area contributed by atoms with E-state index in [4.69, 9.17) is 10.5 Å². The van der Waals surface area contributed by atoms with Gasteiger partial charge in [-0.15, -0.1) is 0 Å². The zero-order valence-electron chi connectivity index (χ0n) is 9.86. The van der Waals surface area contributed by atoms with Crippen molar-refractivity contribution in [3.8, 4) is 0 Å². The van der Waals surface area contributed by atoms with E-state index in [1.807, 2.05) is 13.8 Å². The van der Waals surface area contributed by atoms with Crippen molar-refractivity contribution < 1.29 is 14.3 Å². The summed E-state index contributed by atoms with van der Waals surface area (Å²) in [6, 6.07) is -1.04. The highest BCUT2D eigenvalue weighted by Gasteiger charge is 2.27. The Hall–Kier alpha value is -0.940. The Kier molecular flexibility index (Phi) is 4.89. The van der Waals surface area contributed by atoms with Crippen LogP contribution in [0, 0.1) is 5.92 Å². The lowest BCUT2D eigenvalue weighted by Crippen LogP contribution is -2.40. The van der Waals surface area contributed by atoms with Gasteiger partial charge in [0.05, 0.1) is 0 Å². The number of carbonyl (C=O) groups is 2. The van der Waals surface area contributed by atoms with Gasteiger partial charge in [0.2, 0.25) is 0 Å². The van der Waals surface area contributed by atoms with Gasteiger partial charge >= 0.3 is 11.9 Å². The maximum atomic E-state index is 11.5. The molecular formula is C11H20N2O3. The van der Waals surface area contributed by atoms with Gasteiger partial charge < -0.3 is 15.8 Å². The van der Waals surface area contributed by atoms with Crippen molar-refractivity contribution >= 4 is 11.9 Å². The molecule has 0 spiro atoms. The quantitative estimate of drug-likeness (QED) is 0.530. The highest BCUT2D eigenvalue weighted by Crippen LogP contribution is 2.09. The molecule has 0 aromatic heterocycles. The number of nitrogens with one attached hydrogen (secondary N) is 1. The first-order valence-corrected chi connectivity index (χ1v) is 5.75. The van der Waals surface area contributed by atoms with Crippen LogP contribution in [-0.4, -0.2) is 30.6 Å². The second kappa shape index (κ2) is 5.96. The van der Waals surface area contributed by atoms with E-state index in [9.17, 15) is 9.59 Å². The van der Waals surface area contributed by atoms with Crippen LogP contribution in [0.25, 0.3) is 0 Å². The average Bonchev–Trinajstić information content (AvgIpc) is 2.68. The predicted octanol–water partition coefficient (Wildman–Crippen LogP) is 0.182. The molecule has 3 N–H and O–H groups in total. The molecule has 5 heteroatoms. The summed E-state index contributed by atoms with van der Waals surface area (Å²) in [5.74, 6) is -0.809. The third-order valence-corrected chi connectivity index (χ3v) is 2.57. The molecule has 1 saturated heterocycles. The topological polar surface area (TPSA) is 81.4 Å². The van der Waals surface area contributed by atoms with Crippen molar-refractivity contribution in [3.63, 3.8) is 0 Å². The number of nitrogens with two attached hydrogens (primary N) is 1. The molecule has 0 aliphatic carbocycles. The molecule has 0 bridgehead atoms. The zero-order chi connectivity index (χ0) is 12.1. The van der Waals surface area contributed by atoms with E-state index < -0.39 is 18.0 Å². The van der Waals surface area contributed by atoms with Gasteiger partial charge in [-0.1, -0.05) is 13.8 Å². The first-order chi connectivity index (χ1) is 7.50. The van der Waals surface area contributed by atoms with Crippen molar-refractivity contribution in [1.82, 2.24) is 5.32 Å². The second-order valence-corrected chi connectivity index (χ2v) is 4.63. The first-order valence-electron chi connectivity index (χ1n) is 5.75. The van der Waals surface area contributed by atoms with Crippen molar-refractivity contribution in [2.45, 2.75) is 45.2 Å². The van der Waals surface area contributed by atoms with Crippen LogP contribution in [0.1, 0.15) is 33.1 Å². The van der Waals surface area contributed by atoms with Crippen LogP contribution in [0.4, 0.5) is 0 Å². The molecule has 2 unspecified atom stereocenters. The highest BCUT2D eigenvalue weighted by atomic mass is 16.6. The van der Waals surface area contributed by atoms with Crippen LogP contribution in [0.5, 0.6) is 0 Å². The Bertz CT molecular complexity index is 260. The summed E-state index contributed by atoms with van der Waals surface area (Å²) in [7, 11) is 0. The maximum Gasteiger partial charge on any atom is 0.330 e. The van der Waals surface area contributed by atoms with E-state index in [1.165, 1.54) is 0 Å². The lowest BCUT2D eigenvalue weighted by molar-refractivity contribution is -0.162. The van der Waals surface area contributed by atoms with E-state index in [0.717, 1.165) is 19.4 Å². The van der Waals surface area contributed by atoms with Crippen LogP contribution < -0.4 is 11.1 Å². The van der Waals surface area contributed by atoms with Crippen LogP contribution in [0.2, 0.25) is 0 Å². The molecule has 1 heterocycles. The Morgan fingerprint density at radius 2 is 2.19 bits per heavy atom. The second-order valence-electron chi connectivity index (χ2n) is 4.63. The molecular weight excluding hydrogens is 208 g/mol. The molecule has 92 valence electrons. The molecule has 2 atom stereocenters. The fourth-order valence-electron chi connectivity index (χ4n) is 1.74. The average molecular weight is 228 g/mol. The Labute approximate surface area is 95.7 Å². The number of hydrogen-bond acceptors (Lipinski definition) is 5. The van der Waals surface area contributed by atoms with E-state index in [1.54, 1.807) is 0 Å². The molecule has 5 nitrogen and oxygen atoms in total. The third-order valence-electron chi connectivity index (χ3n) is 2.57. The summed E-state index contributed by atoms with van der Waals surface area (Å²) < 4.78 is 4.73. The van der Waals surface area contributed by atoms with Crippen molar-refractivity contribution in [2.24, 2.45) is 11.7 Å². The molecule has 1 aliphatic heterocycles. The van der Waals surface area contributed by atoms with E-state index in [2.05, 4.69) is 5.32 Å². The van der Waals surface area contributed by atoms with Crippen LogP contribution in [0.3, 0.4) is 0 Å². The van der Waals surface area contributed by atoms with Gasteiger partial charge in [-0.25, -0.2) is 9.59 Å². The lowest BCUT2D eigenvalue weighted by atomic mass is 10.1. The minimum absolute atomic E-state index is 0.308. The molecule has 0 aromatic carbocycles. The third kappa shape index (κ3) is 3.90. The monoisotopic (exact) mass is 228 g/mol. The van der Waals surface area contributed by atoms with Gasteiger partial charge in [-0.05, 0) is 31.7 Å². The normalized spacial score (nSPS) is 22.1. The lowest BCUT2D eigenvalue weighted by Gasteiger charge is -2.14. The fourth-order valence-corrected chi connectivity index (χ4v) is 1.74.